The molecule has 0 amide bonds. The van der Waals surface area contributed by atoms with Crippen LogP contribution in [0.25, 0.3) is 11.0 Å². The van der Waals surface area contributed by atoms with Crippen LogP contribution in [0.4, 0.5) is 0 Å². The van der Waals surface area contributed by atoms with Gasteiger partial charge in [-0.25, -0.2) is 4.79 Å². The van der Waals surface area contributed by atoms with E-state index < -0.39 is 10.9 Å². The fraction of sp³-hybridized carbons (Fsp3) is 0.0909. The van der Waals surface area contributed by atoms with Crippen molar-refractivity contribution in [3.63, 3.8) is 0 Å². The number of benzene rings is 1. The first kappa shape index (κ1) is 9.93. The minimum absolute atomic E-state index is 0.131. The van der Waals surface area contributed by atoms with Crippen LogP contribution in [-0.4, -0.2) is 5.24 Å². The van der Waals surface area contributed by atoms with Crippen LogP contribution >= 0.6 is 11.6 Å². The number of aryl methyl sites for hydroxylation is 1. The van der Waals surface area contributed by atoms with Gasteiger partial charge in [-0.05, 0) is 36.2 Å². The maximum atomic E-state index is 11.3. The number of fused-ring (bicyclic) bond motifs is 1. The quantitative estimate of drug-likeness (QED) is 0.550. The smallest absolute Gasteiger partial charge is 0.348 e. The molecule has 0 saturated carbocycles. The van der Waals surface area contributed by atoms with Crippen molar-refractivity contribution in [2.45, 2.75) is 6.92 Å². The normalized spacial score (nSPS) is 10.5. The van der Waals surface area contributed by atoms with Crippen LogP contribution in [0.3, 0.4) is 0 Å². The molecule has 4 heteroatoms. The number of carbonyl (C=O) groups excluding carboxylic acids is 1. The lowest BCUT2D eigenvalue weighted by atomic mass is 10.1. The van der Waals surface area contributed by atoms with Crippen LogP contribution in [0.1, 0.15) is 15.9 Å². The molecule has 0 radical (unpaired) electrons. The van der Waals surface area contributed by atoms with Gasteiger partial charge in [0.15, 0.2) is 0 Å². The van der Waals surface area contributed by atoms with Gasteiger partial charge in [0, 0.05) is 5.39 Å². The lowest BCUT2D eigenvalue weighted by molar-refractivity contribution is 0.107. The molecule has 0 unspecified atom stereocenters. The van der Waals surface area contributed by atoms with Crippen LogP contribution in [0, 0.1) is 6.92 Å². The monoisotopic (exact) mass is 222 g/mol. The van der Waals surface area contributed by atoms with Gasteiger partial charge in [0.05, 0.1) is 0 Å². The molecular weight excluding hydrogens is 216 g/mol. The summed E-state index contributed by atoms with van der Waals surface area (Å²) in [5, 5.41) is -0.115. The summed E-state index contributed by atoms with van der Waals surface area (Å²) < 4.78 is 4.97. The van der Waals surface area contributed by atoms with E-state index in [1.807, 2.05) is 13.0 Å². The van der Waals surface area contributed by atoms with Gasteiger partial charge < -0.3 is 4.42 Å². The highest BCUT2D eigenvalue weighted by Crippen LogP contribution is 2.15. The van der Waals surface area contributed by atoms with Gasteiger partial charge in [-0.3, -0.25) is 4.79 Å². The number of hydrogen-bond acceptors (Lipinski definition) is 3. The first-order valence-electron chi connectivity index (χ1n) is 4.32. The highest BCUT2D eigenvalue weighted by molar-refractivity contribution is 6.67. The van der Waals surface area contributed by atoms with Crippen molar-refractivity contribution >= 4 is 27.8 Å². The molecule has 0 aliphatic heterocycles. The van der Waals surface area contributed by atoms with Crippen LogP contribution in [0.5, 0.6) is 0 Å². The van der Waals surface area contributed by atoms with Gasteiger partial charge in [-0.1, -0.05) is 12.1 Å². The molecule has 76 valence electrons. The molecule has 15 heavy (non-hydrogen) atoms. The Bertz CT molecular complexity index is 598. The Kier molecular flexibility index (Phi) is 2.32. The second kappa shape index (κ2) is 3.51. The Morgan fingerprint density at radius 1 is 1.33 bits per heavy atom. The van der Waals surface area contributed by atoms with Crippen molar-refractivity contribution in [2.75, 3.05) is 0 Å². The Morgan fingerprint density at radius 2 is 2.07 bits per heavy atom. The third-order valence-electron chi connectivity index (χ3n) is 2.10. The zero-order valence-electron chi connectivity index (χ0n) is 7.91. The summed E-state index contributed by atoms with van der Waals surface area (Å²) in [6.07, 6.45) is 0. The van der Waals surface area contributed by atoms with E-state index in [1.54, 1.807) is 12.1 Å². The zero-order chi connectivity index (χ0) is 11.0. The van der Waals surface area contributed by atoms with Gasteiger partial charge in [-0.2, -0.15) is 0 Å². The molecule has 2 aromatic rings. The molecule has 0 aliphatic rings. The van der Waals surface area contributed by atoms with E-state index in [-0.39, 0.29) is 5.56 Å². The van der Waals surface area contributed by atoms with E-state index in [4.69, 9.17) is 16.0 Å². The van der Waals surface area contributed by atoms with Crippen molar-refractivity contribution in [1.29, 1.82) is 0 Å². The van der Waals surface area contributed by atoms with Crippen molar-refractivity contribution in [3.8, 4) is 0 Å². The summed E-state index contributed by atoms with van der Waals surface area (Å²) in [7, 11) is 0. The van der Waals surface area contributed by atoms with Gasteiger partial charge in [-0.15, -0.1) is 0 Å². The van der Waals surface area contributed by atoms with Crippen LogP contribution in [0.15, 0.2) is 33.5 Å². The first-order chi connectivity index (χ1) is 7.08. The number of halogens is 1. The molecule has 0 bridgehead atoms. The van der Waals surface area contributed by atoms with Crippen molar-refractivity contribution < 1.29 is 9.21 Å². The Morgan fingerprint density at radius 3 is 2.73 bits per heavy atom. The molecular formula is C11H7ClO3. The molecule has 3 nitrogen and oxygen atoms in total. The predicted molar refractivity (Wildman–Crippen MR) is 57.4 cm³/mol. The van der Waals surface area contributed by atoms with E-state index in [9.17, 15) is 9.59 Å². The minimum atomic E-state index is -0.800. The van der Waals surface area contributed by atoms with Gasteiger partial charge in [0.2, 0.25) is 0 Å². The third kappa shape index (κ3) is 1.78. The lowest BCUT2D eigenvalue weighted by Crippen LogP contribution is -2.09. The standard InChI is InChI=1S/C11H7ClO3/c1-6-2-3-7-5-8(10(12)13)11(14)15-9(7)4-6/h2-5H,1H3. The van der Waals surface area contributed by atoms with E-state index in [0.29, 0.717) is 11.0 Å². The van der Waals surface area contributed by atoms with Crippen LogP contribution in [-0.2, 0) is 0 Å². The Balaban J connectivity index is 2.82. The number of rotatable bonds is 1. The highest BCUT2D eigenvalue weighted by atomic mass is 35.5. The molecule has 1 aromatic carbocycles. The number of carbonyl (C=O) groups is 1. The summed E-state index contributed by atoms with van der Waals surface area (Å²) >= 11 is 5.24. The zero-order valence-corrected chi connectivity index (χ0v) is 8.67. The van der Waals surface area contributed by atoms with Gasteiger partial charge >= 0.3 is 5.63 Å². The topological polar surface area (TPSA) is 47.3 Å². The van der Waals surface area contributed by atoms with Gasteiger partial charge in [0.1, 0.15) is 11.1 Å². The van der Waals surface area contributed by atoms with Crippen LogP contribution in [0.2, 0.25) is 0 Å². The Hall–Kier alpha value is -1.61. The summed E-state index contributed by atoms with van der Waals surface area (Å²) in [5.74, 6) is 0. The van der Waals surface area contributed by atoms with E-state index in [2.05, 4.69) is 0 Å². The molecule has 0 spiro atoms. The molecule has 0 fully saturated rings. The van der Waals surface area contributed by atoms with Crippen LogP contribution < -0.4 is 5.63 Å². The third-order valence-corrected chi connectivity index (χ3v) is 2.31. The average Bonchev–Trinajstić information content (AvgIpc) is 2.15. The summed E-state index contributed by atoms with van der Waals surface area (Å²) in [5.41, 5.74) is 0.610. The average molecular weight is 223 g/mol. The largest absolute Gasteiger partial charge is 0.422 e. The molecule has 0 N–H and O–H groups in total. The van der Waals surface area contributed by atoms with Crippen molar-refractivity contribution in [1.82, 2.24) is 0 Å². The maximum Gasteiger partial charge on any atom is 0.348 e. The highest BCUT2D eigenvalue weighted by Gasteiger charge is 2.10. The van der Waals surface area contributed by atoms with Crippen molar-refractivity contribution in [2.24, 2.45) is 0 Å². The molecule has 0 aliphatic carbocycles. The molecule has 1 heterocycles. The van der Waals surface area contributed by atoms with Crippen molar-refractivity contribution in [3.05, 3.63) is 45.8 Å². The molecule has 0 atom stereocenters. The second-order valence-electron chi connectivity index (χ2n) is 3.26. The summed E-state index contributed by atoms with van der Waals surface area (Å²) in [4.78, 5) is 22.2. The van der Waals surface area contributed by atoms with E-state index >= 15 is 0 Å². The minimum Gasteiger partial charge on any atom is -0.422 e. The first-order valence-corrected chi connectivity index (χ1v) is 4.70. The molecule has 2 rings (SSSR count). The summed E-state index contributed by atoms with van der Waals surface area (Å²) in [6.45, 7) is 1.89. The summed E-state index contributed by atoms with van der Waals surface area (Å²) in [6, 6.07) is 6.82. The predicted octanol–water partition coefficient (Wildman–Crippen LogP) is 2.48. The van der Waals surface area contributed by atoms with Gasteiger partial charge in [0.25, 0.3) is 5.24 Å². The SMILES string of the molecule is Cc1ccc2cc(C(=O)Cl)c(=O)oc2c1. The lowest BCUT2D eigenvalue weighted by Gasteiger charge is -1.99. The van der Waals surface area contributed by atoms with E-state index in [0.717, 1.165) is 5.56 Å². The molecule has 0 saturated heterocycles. The van der Waals surface area contributed by atoms with E-state index in [1.165, 1.54) is 6.07 Å². The number of hydrogen-bond donors (Lipinski definition) is 0. The maximum absolute atomic E-state index is 11.3. The Labute approximate surface area is 90.3 Å². The fourth-order valence-electron chi connectivity index (χ4n) is 1.36. The second-order valence-corrected chi connectivity index (χ2v) is 3.61. The fourth-order valence-corrected chi connectivity index (χ4v) is 1.49. The molecule has 1 aromatic heterocycles.